The van der Waals surface area contributed by atoms with E-state index >= 15 is 0 Å². The van der Waals surface area contributed by atoms with E-state index in [1.54, 1.807) is 41.0 Å². The molecular weight excluding hydrogens is 453 g/mol. The number of carbonyl (C=O) groups excluding carboxylic acids is 1. The summed E-state index contributed by atoms with van der Waals surface area (Å²) < 4.78 is 44.3. The minimum atomic E-state index is -4.56. The molecule has 0 aliphatic heterocycles. The van der Waals surface area contributed by atoms with Crippen molar-refractivity contribution < 1.29 is 18.0 Å². The standard InChI is InChI=1S/C27H33F3N4O/c1-3-5-16-33(18-20-12-14-21(15-13-20)25(31)35)19-23-24(27(28,29)30)32-26(34(23)17-6-4-2)22-10-8-7-9-11-22/h7-15H,3-6,16-19H2,1-2H3,(H2,31,35). The van der Waals surface area contributed by atoms with E-state index in [1.165, 1.54) is 0 Å². The van der Waals surface area contributed by atoms with Gasteiger partial charge in [-0.3, -0.25) is 9.69 Å². The number of unbranched alkanes of at least 4 members (excludes halogenated alkanes) is 2. The van der Waals surface area contributed by atoms with Crippen molar-refractivity contribution in [3.8, 4) is 11.4 Å². The SMILES string of the molecule is CCCCN(Cc1ccc(C(N)=O)cc1)Cc1c(C(F)(F)F)nc(-c2ccccc2)n1CCCC. The molecule has 188 valence electrons. The van der Waals surface area contributed by atoms with Gasteiger partial charge in [-0.2, -0.15) is 13.2 Å². The highest BCUT2D eigenvalue weighted by Crippen LogP contribution is 2.35. The number of amides is 1. The second-order valence-electron chi connectivity index (χ2n) is 8.73. The number of carbonyl (C=O) groups is 1. The number of aromatic nitrogens is 2. The summed E-state index contributed by atoms with van der Waals surface area (Å²) >= 11 is 0. The molecule has 0 saturated carbocycles. The van der Waals surface area contributed by atoms with Crippen molar-refractivity contribution in [1.29, 1.82) is 0 Å². The predicted molar refractivity (Wildman–Crippen MR) is 132 cm³/mol. The summed E-state index contributed by atoms with van der Waals surface area (Å²) in [5, 5.41) is 0. The third-order valence-corrected chi connectivity index (χ3v) is 5.95. The van der Waals surface area contributed by atoms with Crippen LogP contribution in [0.3, 0.4) is 0 Å². The molecule has 0 aliphatic rings. The maximum Gasteiger partial charge on any atom is 0.435 e. The number of alkyl halides is 3. The minimum Gasteiger partial charge on any atom is -0.366 e. The Labute approximate surface area is 204 Å². The molecule has 0 radical (unpaired) electrons. The molecule has 0 spiro atoms. The molecule has 0 atom stereocenters. The maximum atomic E-state index is 14.2. The van der Waals surface area contributed by atoms with Crippen molar-refractivity contribution in [1.82, 2.24) is 14.5 Å². The molecule has 3 aromatic rings. The molecule has 8 heteroatoms. The topological polar surface area (TPSA) is 64.2 Å². The van der Waals surface area contributed by atoms with Gasteiger partial charge in [-0.25, -0.2) is 4.98 Å². The summed E-state index contributed by atoms with van der Waals surface area (Å²) in [7, 11) is 0. The number of primary amides is 1. The zero-order valence-electron chi connectivity index (χ0n) is 20.3. The Balaban J connectivity index is 2.02. The van der Waals surface area contributed by atoms with Gasteiger partial charge in [0.05, 0.1) is 5.69 Å². The fourth-order valence-electron chi connectivity index (χ4n) is 4.08. The normalized spacial score (nSPS) is 11.8. The first-order valence-corrected chi connectivity index (χ1v) is 12.1. The van der Waals surface area contributed by atoms with Gasteiger partial charge in [0.15, 0.2) is 5.69 Å². The fraction of sp³-hybridized carbons (Fsp3) is 0.407. The van der Waals surface area contributed by atoms with E-state index in [9.17, 15) is 18.0 Å². The van der Waals surface area contributed by atoms with Crippen LogP contribution in [-0.4, -0.2) is 26.9 Å². The molecule has 5 nitrogen and oxygen atoms in total. The van der Waals surface area contributed by atoms with Gasteiger partial charge in [0.25, 0.3) is 0 Å². The molecule has 2 N–H and O–H groups in total. The summed E-state index contributed by atoms with van der Waals surface area (Å²) in [6.07, 6.45) is -1.16. The number of rotatable bonds is 12. The number of nitrogens with zero attached hydrogens (tertiary/aromatic N) is 3. The summed E-state index contributed by atoms with van der Waals surface area (Å²) in [4.78, 5) is 17.5. The number of benzene rings is 2. The monoisotopic (exact) mass is 486 g/mol. The Kier molecular flexibility index (Phi) is 9.09. The Morgan fingerprint density at radius 1 is 0.971 bits per heavy atom. The summed E-state index contributed by atoms with van der Waals surface area (Å²) in [6.45, 7) is 5.76. The van der Waals surface area contributed by atoms with Gasteiger partial charge in [0, 0.05) is 30.8 Å². The molecule has 0 unspecified atom stereocenters. The molecule has 35 heavy (non-hydrogen) atoms. The smallest absolute Gasteiger partial charge is 0.366 e. The number of imidazole rings is 1. The number of hydrogen-bond acceptors (Lipinski definition) is 3. The third-order valence-electron chi connectivity index (χ3n) is 5.95. The lowest BCUT2D eigenvalue weighted by Gasteiger charge is -2.24. The number of hydrogen-bond donors (Lipinski definition) is 1. The summed E-state index contributed by atoms with van der Waals surface area (Å²) in [5.41, 5.74) is 6.68. The summed E-state index contributed by atoms with van der Waals surface area (Å²) in [5.74, 6) is -0.162. The molecule has 1 amide bonds. The Hall–Kier alpha value is -3.13. The molecule has 3 rings (SSSR count). The van der Waals surface area contributed by atoms with Gasteiger partial charge < -0.3 is 10.3 Å². The van der Waals surface area contributed by atoms with Crippen LogP contribution in [0.1, 0.15) is 66.8 Å². The predicted octanol–water partition coefficient (Wildman–Crippen LogP) is 6.27. The zero-order valence-corrected chi connectivity index (χ0v) is 20.3. The quantitative estimate of drug-likeness (QED) is 0.328. The summed E-state index contributed by atoms with van der Waals surface area (Å²) in [6, 6.07) is 15.9. The van der Waals surface area contributed by atoms with E-state index in [-0.39, 0.29) is 12.2 Å². The molecule has 0 bridgehead atoms. The van der Waals surface area contributed by atoms with Crippen LogP contribution in [0, 0.1) is 0 Å². The number of nitrogens with two attached hydrogens (primary N) is 1. The van der Waals surface area contributed by atoms with Crippen LogP contribution in [0.2, 0.25) is 0 Å². The van der Waals surface area contributed by atoms with Gasteiger partial charge in [-0.05, 0) is 37.1 Å². The van der Waals surface area contributed by atoms with E-state index in [4.69, 9.17) is 5.73 Å². The second-order valence-corrected chi connectivity index (χ2v) is 8.73. The van der Waals surface area contributed by atoms with Crippen LogP contribution in [0.4, 0.5) is 13.2 Å². The lowest BCUT2D eigenvalue weighted by atomic mass is 10.1. The third kappa shape index (κ3) is 6.94. The Bertz CT molecular complexity index is 1090. The van der Waals surface area contributed by atoms with Crippen LogP contribution in [-0.2, 0) is 25.8 Å². The fourth-order valence-corrected chi connectivity index (χ4v) is 4.08. The van der Waals surface area contributed by atoms with Crippen LogP contribution in [0.15, 0.2) is 54.6 Å². The lowest BCUT2D eigenvalue weighted by molar-refractivity contribution is -0.141. The Morgan fingerprint density at radius 2 is 1.63 bits per heavy atom. The van der Waals surface area contributed by atoms with Crippen LogP contribution in [0.5, 0.6) is 0 Å². The second kappa shape index (κ2) is 12.0. The van der Waals surface area contributed by atoms with Crippen molar-refractivity contribution in [2.45, 2.75) is 65.3 Å². The molecular formula is C27H33F3N4O. The van der Waals surface area contributed by atoms with Gasteiger partial charge in [0.1, 0.15) is 5.82 Å². The van der Waals surface area contributed by atoms with E-state index in [0.717, 1.165) is 31.2 Å². The molecule has 0 saturated heterocycles. The van der Waals surface area contributed by atoms with Crippen LogP contribution in [0.25, 0.3) is 11.4 Å². The van der Waals surface area contributed by atoms with Gasteiger partial charge in [-0.15, -0.1) is 0 Å². The first kappa shape index (κ1) is 26.5. The highest BCUT2D eigenvalue weighted by Gasteiger charge is 2.39. The van der Waals surface area contributed by atoms with Crippen LogP contribution >= 0.6 is 0 Å². The molecule has 2 aromatic carbocycles. The van der Waals surface area contributed by atoms with Crippen molar-refractivity contribution in [3.63, 3.8) is 0 Å². The minimum absolute atomic E-state index is 0.121. The van der Waals surface area contributed by atoms with Crippen LogP contribution < -0.4 is 5.73 Å². The highest BCUT2D eigenvalue weighted by molar-refractivity contribution is 5.92. The first-order chi connectivity index (χ1) is 16.7. The van der Waals surface area contributed by atoms with Crippen molar-refractivity contribution >= 4 is 5.91 Å². The Morgan fingerprint density at radius 3 is 2.20 bits per heavy atom. The maximum absolute atomic E-state index is 14.2. The lowest BCUT2D eigenvalue weighted by Crippen LogP contribution is -2.27. The zero-order chi connectivity index (χ0) is 25.4. The van der Waals surface area contributed by atoms with Gasteiger partial charge in [0.2, 0.25) is 5.91 Å². The number of halogens is 3. The van der Waals surface area contributed by atoms with Crippen molar-refractivity contribution in [2.24, 2.45) is 5.73 Å². The van der Waals surface area contributed by atoms with E-state index in [1.807, 2.05) is 30.0 Å². The first-order valence-electron chi connectivity index (χ1n) is 12.1. The van der Waals surface area contributed by atoms with E-state index < -0.39 is 17.8 Å². The van der Waals surface area contributed by atoms with Crippen molar-refractivity contribution in [3.05, 3.63) is 77.1 Å². The van der Waals surface area contributed by atoms with Gasteiger partial charge in [-0.1, -0.05) is 69.2 Å². The van der Waals surface area contributed by atoms with E-state index in [2.05, 4.69) is 11.9 Å². The largest absolute Gasteiger partial charge is 0.435 e. The molecule has 0 aliphatic carbocycles. The highest BCUT2D eigenvalue weighted by atomic mass is 19.4. The van der Waals surface area contributed by atoms with Gasteiger partial charge >= 0.3 is 6.18 Å². The molecule has 0 fully saturated rings. The average Bonchev–Trinajstić information content (AvgIpc) is 3.20. The molecule has 1 aromatic heterocycles. The molecule has 1 heterocycles. The van der Waals surface area contributed by atoms with E-state index in [0.29, 0.717) is 36.6 Å². The average molecular weight is 487 g/mol. The van der Waals surface area contributed by atoms with Crippen molar-refractivity contribution in [2.75, 3.05) is 6.54 Å².